The molecule has 0 unspecified atom stereocenters. The van der Waals surface area contributed by atoms with E-state index in [9.17, 15) is 9.59 Å². The zero-order valence-corrected chi connectivity index (χ0v) is 14.7. The SMILES string of the molecule is CC(C)N1C[C@@H](C(=O)N2CCC(CCn3cccn3)CC2)CC1=O. The van der Waals surface area contributed by atoms with Crippen molar-refractivity contribution in [2.24, 2.45) is 11.8 Å². The summed E-state index contributed by atoms with van der Waals surface area (Å²) >= 11 is 0. The van der Waals surface area contributed by atoms with Gasteiger partial charge in [-0.3, -0.25) is 14.3 Å². The van der Waals surface area contributed by atoms with E-state index in [1.54, 1.807) is 0 Å². The molecule has 6 heteroatoms. The summed E-state index contributed by atoms with van der Waals surface area (Å²) in [4.78, 5) is 28.5. The van der Waals surface area contributed by atoms with E-state index in [2.05, 4.69) is 5.10 Å². The number of hydrogen-bond donors (Lipinski definition) is 0. The highest BCUT2D eigenvalue weighted by molar-refractivity contribution is 5.89. The highest BCUT2D eigenvalue weighted by atomic mass is 16.2. The third-order valence-electron chi connectivity index (χ3n) is 5.38. The zero-order valence-electron chi connectivity index (χ0n) is 14.7. The Labute approximate surface area is 143 Å². The summed E-state index contributed by atoms with van der Waals surface area (Å²) in [6, 6.07) is 2.13. The van der Waals surface area contributed by atoms with E-state index in [1.165, 1.54) is 0 Å². The van der Waals surface area contributed by atoms with E-state index in [4.69, 9.17) is 0 Å². The number of aromatic nitrogens is 2. The van der Waals surface area contributed by atoms with Crippen LogP contribution in [0.1, 0.15) is 39.5 Å². The lowest BCUT2D eigenvalue weighted by molar-refractivity contribution is -0.137. The highest BCUT2D eigenvalue weighted by Crippen LogP contribution is 2.26. The van der Waals surface area contributed by atoms with Crippen molar-refractivity contribution in [2.75, 3.05) is 19.6 Å². The predicted molar refractivity (Wildman–Crippen MR) is 91.1 cm³/mol. The zero-order chi connectivity index (χ0) is 17.1. The van der Waals surface area contributed by atoms with Crippen LogP contribution >= 0.6 is 0 Å². The van der Waals surface area contributed by atoms with Gasteiger partial charge in [0.2, 0.25) is 11.8 Å². The normalized spacial score (nSPS) is 22.6. The minimum Gasteiger partial charge on any atom is -0.342 e. The van der Waals surface area contributed by atoms with Gasteiger partial charge >= 0.3 is 0 Å². The molecule has 0 radical (unpaired) electrons. The Morgan fingerprint density at radius 2 is 2.08 bits per heavy atom. The highest BCUT2D eigenvalue weighted by Gasteiger charge is 2.38. The van der Waals surface area contributed by atoms with Gasteiger partial charge in [0.1, 0.15) is 0 Å². The van der Waals surface area contributed by atoms with Crippen molar-refractivity contribution >= 4 is 11.8 Å². The fourth-order valence-corrected chi connectivity index (χ4v) is 3.84. The number of piperidine rings is 1. The van der Waals surface area contributed by atoms with E-state index in [1.807, 2.05) is 46.8 Å². The van der Waals surface area contributed by atoms with Gasteiger partial charge in [0.25, 0.3) is 0 Å². The first kappa shape index (κ1) is 17.0. The number of amides is 2. The van der Waals surface area contributed by atoms with Gasteiger partial charge in [-0.2, -0.15) is 5.10 Å². The van der Waals surface area contributed by atoms with Gasteiger partial charge in [-0.25, -0.2) is 0 Å². The van der Waals surface area contributed by atoms with E-state index in [0.29, 0.717) is 18.9 Å². The number of carbonyl (C=O) groups is 2. The van der Waals surface area contributed by atoms with Crippen LogP contribution in [0.15, 0.2) is 18.5 Å². The van der Waals surface area contributed by atoms with Gasteiger partial charge in [0.05, 0.1) is 5.92 Å². The molecule has 6 nitrogen and oxygen atoms in total. The molecule has 0 saturated carbocycles. The summed E-state index contributed by atoms with van der Waals surface area (Å²) in [7, 11) is 0. The molecule has 2 aliphatic heterocycles. The Kier molecular flexibility index (Phi) is 5.21. The Balaban J connectivity index is 1.44. The van der Waals surface area contributed by atoms with Gasteiger partial charge < -0.3 is 9.80 Å². The first-order chi connectivity index (χ1) is 11.5. The average molecular weight is 332 g/mol. The standard InChI is InChI=1S/C18H28N4O2/c1-14(2)22-13-16(12-17(22)23)18(24)20-9-4-15(5-10-20)6-11-21-8-3-7-19-21/h3,7-8,14-16H,4-6,9-13H2,1-2H3/t16-/m0/s1. The number of rotatable bonds is 5. The molecular formula is C18H28N4O2. The summed E-state index contributed by atoms with van der Waals surface area (Å²) in [5.74, 6) is 0.825. The van der Waals surface area contributed by atoms with Crippen LogP contribution in [0.25, 0.3) is 0 Å². The molecule has 3 rings (SSSR count). The molecule has 132 valence electrons. The molecule has 2 fully saturated rings. The number of carbonyl (C=O) groups excluding carboxylic acids is 2. The Bertz CT molecular complexity index is 562. The van der Waals surface area contributed by atoms with Crippen LogP contribution < -0.4 is 0 Å². The molecule has 0 spiro atoms. The van der Waals surface area contributed by atoms with Gasteiger partial charge in [-0.15, -0.1) is 0 Å². The van der Waals surface area contributed by atoms with Gasteiger partial charge in [0.15, 0.2) is 0 Å². The van der Waals surface area contributed by atoms with Crippen LogP contribution in [0.2, 0.25) is 0 Å². The van der Waals surface area contributed by atoms with Crippen molar-refractivity contribution < 1.29 is 9.59 Å². The topological polar surface area (TPSA) is 58.4 Å². The molecule has 1 aromatic rings. The fraction of sp³-hybridized carbons (Fsp3) is 0.722. The smallest absolute Gasteiger partial charge is 0.227 e. The second kappa shape index (κ2) is 7.36. The summed E-state index contributed by atoms with van der Waals surface area (Å²) in [5.41, 5.74) is 0. The van der Waals surface area contributed by atoms with E-state index in [0.717, 1.165) is 38.9 Å². The predicted octanol–water partition coefficient (Wildman–Crippen LogP) is 1.77. The van der Waals surface area contributed by atoms with Crippen LogP contribution in [0.5, 0.6) is 0 Å². The average Bonchev–Trinajstić information content (AvgIpc) is 3.22. The maximum absolute atomic E-state index is 12.7. The first-order valence-electron chi connectivity index (χ1n) is 9.10. The van der Waals surface area contributed by atoms with Crippen molar-refractivity contribution in [3.8, 4) is 0 Å². The fourth-order valence-electron chi connectivity index (χ4n) is 3.84. The molecule has 1 aromatic heterocycles. The second-order valence-electron chi connectivity index (χ2n) is 7.37. The van der Waals surface area contributed by atoms with Gasteiger partial charge in [-0.1, -0.05) is 0 Å². The lowest BCUT2D eigenvalue weighted by Gasteiger charge is -2.33. The Morgan fingerprint density at radius 1 is 1.33 bits per heavy atom. The second-order valence-corrected chi connectivity index (χ2v) is 7.37. The number of aryl methyl sites for hydroxylation is 1. The number of likely N-dealkylation sites (tertiary alicyclic amines) is 2. The quantitative estimate of drug-likeness (QED) is 0.826. The van der Waals surface area contributed by atoms with Crippen LogP contribution in [-0.2, 0) is 16.1 Å². The summed E-state index contributed by atoms with van der Waals surface area (Å²) in [6.07, 6.45) is 7.42. The summed E-state index contributed by atoms with van der Waals surface area (Å²) in [6.45, 7) is 7.22. The van der Waals surface area contributed by atoms with Crippen LogP contribution in [0.4, 0.5) is 0 Å². The minimum absolute atomic E-state index is 0.123. The summed E-state index contributed by atoms with van der Waals surface area (Å²) < 4.78 is 1.97. The van der Waals surface area contributed by atoms with Crippen molar-refractivity contribution in [1.29, 1.82) is 0 Å². The van der Waals surface area contributed by atoms with Gasteiger partial charge in [-0.05, 0) is 45.1 Å². The maximum atomic E-state index is 12.7. The molecule has 2 amide bonds. The van der Waals surface area contributed by atoms with Crippen molar-refractivity contribution in [3.05, 3.63) is 18.5 Å². The number of hydrogen-bond acceptors (Lipinski definition) is 3. The minimum atomic E-state index is -0.138. The molecule has 0 aliphatic carbocycles. The molecule has 2 saturated heterocycles. The molecule has 0 bridgehead atoms. The van der Waals surface area contributed by atoms with Crippen molar-refractivity contribution in [2.45, 2.75) is 52.1 Å². The lowest BCUT2D eigenvalue weighted by Crippen LogP contribution is -2.43. The Hall–Kier alpha value is -1.85. The summed E-state index contributed by atoms with van der Waals surface area (Å²) in [5, 5.41) is 4.24. The molecule has 2 aliphatic rings. The lowest BCUT2D eigenvalue weighted by atomic mass is 9.92. The largest absolute Gasteiger partial charge is 0.342 e. The molecule has 0 aromatic carbocycles. The van der Waals surface area contributed by atoms with Crippen molar-refractivity contribution in [3.63, 3.8) is 0 Å². The third-order valence-corrected chi connectivity index (χ3v) is 5.38. The van der Waals surface area contributed by atoms with E-state index >= 15 is 0 Å². The number of nitrogens with zero attached hydrogens (tertiary/aromatic N) is 4. The molecule has 3 heterocycles. The molecular weight excluding hydrogens is 304 g/mol. The van der Waals surface area contributed by atoms with E-state index in [-0.39, 0.29) is 23.8 Å². The molecule has 24 heavy (non-hydrogen) atoms. The van der Waals surface area contributed by atoms with Crippen LogP contribution in [-0.4, -0.2) is 57.1 Å². The van der Waals surface area contributed by atoms with Gasteiger partial charge in [0, 0.05) is 51.0 Å². The third kappa shape index (κ3) is 3.79. The van der Waals surface area contributed by atoms with Crippen LogP contribution in [0, 0.1) is 11.8 Å². The Morgan fingerprint density at radius 3 is 2.67 bits per heavy atom. The van der Waals surface area contributed by atoms with E-state index < -0.39 is 0 Å². The van der Waals surface area contributed by atoms with Crippen molar-refractivity contribution in [1.82, 2.24) is 19.6 Å². The molecule has 1 atom stereocenters. The van der Waals surface area contributed by atoms with Crippen LogP contribution in [0.3, 0.4) is 0 Å². The first-order valence-corrected chi connectivity index (χ1v) is 9.10. The monoisotopic (exact) mass is 332 g/mol. The maximum Gasteiger partial charge on any atom is 0.227 e. The molecule has 0 N–H and O–H groups in total.